The van der Waals surface area contributed by atoms with Gasteiger partial charge in [-0.1, -0.05) is 0 Å². The van der Waals surface area contributed by atoms with Crippen molar-refractivity contribution >= 4 is 28.9 Å². The molecule has 3 nitrogen and oxygen atoms in total. The van der Waals surface area contributed by atoms with Crippen LogP contribution in [0.2, 0.25) is 0 Å². The molecule has 0 aromatic carbocycles. The molecule has 0 atom stereocenters. The number of nitrogens with zero attached hydrogens (tertiary/aromatic N) is 1. The van der Waals surface area contributed by atoms with Crippen LogP contribution in [-0.2, 0) is 0 Å². The van der Waals surface area contributed by atoms with Crippen LogP contribution in [0.25, 0.3) is 0 Å². The molecule has 0 radical (unpaired) electrons. The average Bonchev–Trinajstić information content (AvgIpc) is 1.87. The number of hydrogen-bond acceptors (Lipinski definition) is 4. The molecule has 0 amide bonds. The molecule has 0 saturated carbocycles. The lowest BCUT2D eigenvalue weighted by atomic mass is 11.2. The van der Waals surface area contributed by atoms with Gasteiger partial charge in [0.25, 0.3) is 0 Å². The van der Waals surface area contributed by atoms with E-state index in [1.807, 2.05) is 0 Å². The van der Waals surface area contributed by atoms with Crippen molar-refractivity contribution in [3.63, 3.8) is 0 Å². The Hall–Kier alpha value is -0.420. The molecule has 0 aliphatic rings. The summed E-state index contributed by atoms with van der Waals surface area (Å²) in [5.74, 6) is 0. The van der Waals surface area contributed by atoms with E-state index in [0.717, 1.165) is 0 Å². The fourth-order valence-electron chi connectivity index (χ4n) is 0.242. The van der Waals surface area contributed by atoms with E-state index < -0.39 is 0 Å². The molecule has 0 saturated heterocycles. The molecule has 7 heavy (non-hydrogen) atoms. The Morgan fingerprint density at radius 2 is 2.57 bits per heavy atom. The summed E-state index contributed by atoms with van der Waals surface area (Å²) >= 11 is 5.84. The number of hydrogen-bond donors (Lipinski definition) is 2. The molecular weight excluding hydrogens is 130 g/mol. The molecule has 1 heterocycles. The van der Waals surface area contributed by atoms with Crippen molar-refractivity contribution in [3.05, 3.63) is 4.77 Å². The van der Waals surface area contributed by atoms with Gasteiger partial charge in [-0.15, -0.1) is 0 Å². The zero-order valence-corrected chi connectivity index (χ0v) is 4.97. The molecule has 3 N–H and O–H groups in total. The number of H-pyrrole nitrogens is 1. The molecule has 0 aliphatic heterocycles. The summed E-state index contributed by atoms with van der Waals surface area (Å²) < 4.78 is 3.15. The lowest BCUT2D eigenvalue weighted by Gasteiger charge is -1.65. The Balaban J connectivity index is 3.30. The van der Waals surface area contributed by atoms with Crippen molar-refractivity contribution < 1.29 is 0 Å². The highest BCUT2D eigenvalue weighted by atomic mass is 32.1. The Bertz CT molecular complexity index is 199. The number of nitrogen functional groups attached to an aromatic ring is 1. The SMILES string of the molecule is Nc1nc(=S)[nH]s1. The third-order valence-electron chi connectivity index (χ3n) is 0.455. The fourth-order valence-corrected chi connectivity index (χ4v) is 0.897. The van der Waals surface area contributed by atoms with Crippen LogP contribution in [0, 0.1) is 4.77 Å². The van der Waals surface area contributed by atoms with Crippen molar-refractivity contribution in [1.82, 2.24) is 9.36 Å². The summed E-state index contributed by atoms with van der Waals surface area (Å²) in [5.41, 5.74) is 5.19. The average molecular weight is 133 g/mol. The summed E-state index contributed by atoms with van der Waals surface area (Å²) in [6.45, 7) is 0. The van der Waals surface area contributed by atoms with E-state index in [-0.39, 0.29) is 0 Å². The third-order valence-corrected chi connectivity index (χ3v) is 1.37. The summed E-state index contributed by atoms with van der Waals surface area (Å²) in [4.78, 5) is 3.67. The minimum Gasteiger partial charge on any atom is -0.374 e. The van der Waals surface area contributed by atoms with Gasteiger partial charge in [0.05, 0.1) is 0 Å². The summed E-state index contributed by atoms with van der Waals surface area (Å²) in [5, 5.41) is 0.491. The number of rotatable bonds is 0. The second kappa shape index (κ2) is 1.59. The number of aromatic nitrogens is 2. The van der Waals surface area contributed by atoms with E-state index in [1.165, 1.54) is 11.5 Å². The van der Waals surface area contributed by atoms with E-state index >= 15 is 0 Å². The first-order chi connectivity index (χ1) is 3.29. The second-order valence-electron chi connectivity index (χ2n) is 0.959. The molecule has 0 fully saturated rings. The van der Waals surface area contributed by atoms with Crippen LogP contribution >= 0.6 is 23.8 Å². The maximum Gasteiger partial charge on any atom is 0.209 e. The van der Waals surface area contributed by atoms with Crippen LogP contribution in [0.15, 0.2) is 0 Å². The minimum absolute atomic E-state index is 0.461. The van der Waals surface area contributed by atoms with Gasteiger partial charge in [-0.25, -0.2) is 0 Å². The molecule has 38 valence electrons. The normalized spacial score (nSPS) is 9.14. The monoisotopic (exact) mass is 133 g/mol. The Morgan fingerprint density at radius 3 is 2.71 bits per heavy atom. The van der Waals surface area contributed by atoms with Crippen molar-refractivity contribution in [2.24, 2.45) is 0 Å². The summed E-state index contributed by atoms with van der Waals surface area (Å²) in [6, 6.07) is 0. The Labute approximate surface area is 49.4 Å². The van der Waals surface area contributed by atoms with Gasteiger partial charge in [-0.2, -0.15) is 4.98 Å². The fraction of sp³-hybridized carbons (Fsp3) is 0. The van der Waals surface area contributed by atoms with Gasteiger partial charge in [-0.05, 0) is 23.8 Å². The first-order valence-corrected chi connectivity index (χ1v) is 2.82. The van der Waals surface area contributed by atoms with Crippen LogP contribution < -0.4 is 5.73 Å². The van der Waals surface area contributed by atoms with Gasteiger partial charge in [0.15, 0.2) is 5.13 Å². The molecule has 1 aromatic rings. The second-order valence-corrected chi connectivity index (χ2v) is 2.17. The van der Waals surface area contributed by atoms with E-state index in [1.54, 1.807) is 0 Å². The van der Waals surface area contributed by atoms with E-state index in [2.05, 4.69) is 21.6 Å². The van der Waals surface area contributed by atoms with Crippen LogP contribution in [0.5, 0.6) is 0 Å². The molecule has 0 unspecified atom stereocenters. The standard InChI is InChI=1S/C2H3N3S2/c3-1-4-2(6)5-7-1/h(H3,3,4,5,6). The topological polar surface area (TPSA) is 54.7 Å². The van der Waals surface area contributed by atoms with Crippen LogP contribution in [0.1, 0.15) is 0 Å². The van der Waals surface area contributed by atoms with Crippen LogP contribution in [0.4, 0.5) is 5.13 Å². The molecular formula is C2H3N3S2. The lowest BCUT2D eigenvalue weighted by molar-refractivity contribution is 1.29. The molecule has 0 aliphatic carbocycles. The zero-order valence-electron chi connectivity index (χ0n) is 3.34. The largest absolute Gasteiger partial charge is 0.374 e. The van der Waals surface area contributed by atoms with Gasteiger partial charge < -0.3 is 5.73 Å². The third kappa shape index (κ3) is 0.971. The summed E-state index contributed by atoms with van der Waals surface area (Å²) in [7, 11) is 0. The molecule has 0 bridgehead atoms. The van der Waals surface area contributed by atoms with Gasteiger partial charge in [0.2, 0.25) is 4.77 Å². The van der Waals surface area contributed by atoms with Crippen LogP contribution in [-0.4, -0.2) is 9.36 Å². The van der Waals surface area contributed by atoms with Gasteiger partial charge >= 0.3 is 0 Å². The van der Waals surface area contributed by atoms with Crippen LogP contribution in [0.3, 0.4) is 0 Å². The maximum absolute atomic E-state index is 5.19. The highest BCUT2D eigenvalue weighted by Crippen LogP contribution is 1.99. The van der Waals surface area contributed by atoms with Gasteiger partial charge in [0, 0.05) is 0 Å². The Kier molecular flexibility index (Phi) is 1.07. The van der Waals surface area contributed by atoms with Crippen molar-refractivity contribution in [2.75, 3.05) is 5.73 Å². The first kappa shape index (κ1) is 4.73. The number of nitrogens with two attached hydrogens (primary N) is 1. The van der Waals surface area contributed by atoms with E-state index in [0.29, 0.717) is 9.90 Å². The highest BCUT2D eigenvalue weighted by molar-refractivity contribution is 7.71. The molecule has 5 heteroatoms. The predicted molar refractivity (Wildman–Crippen MR) is 31.7 cm³/mol. The zero-order chi connectivity index (χ0) is 5.28. The smallest absolute Gasteiger partial charge is 0.209 e. The van der Waals surface area contributed by atoms with Crippen molar-refractivity contribution in [1.29, 1.82) is 0 Å². The Morgan fingerprint density at radius 1 is 1.86 bits per heavy atom. The van der Waals surface area contributed by atoms with Crippen molar-refractivity contribution in [2.45, 2.75) is 0 Å². The minimum atomic E-state index is 0.461. The number of anilines is 1. The lowest BCUT2D eigenvalue weighted by Crippen LogP contribution is -1.78. The quantitative estimate of drug-likeness (QED) is 0.514. The highest BCUT2D eigenvalue weighted by Gasteiger charge is 1.82. The van der Waals surface area contributed by atoms with E-state index in [9.17, 15) is 0 Å². The van der Waals surface area contributed by atoms with Gasteiger partial charge in [0.1, 0.15) is 0 Å². The molecule has 1 rings (SSSR count). The predicted octanol–water partition coefficient (Wildman–Crippen LogP) is 0.783. The molecule has 0 spiro atoms. The summed E-state index contributed by atoms with van der Waals surface area (Å²) in [6.07, 6.45) is 0. The first-order valence-electron chi connectivity index (χ1n) is 1.60. The van der Waals surface area contributed by atoms with Crippen molar-refractivity contribution in [3.8, 4) is 0 Å². The number of nitrogens with one attached hydrogen (secondary N) is 1. The van der Waals surface area contributed by atoms with E-state index in [4.69, 9.17) is 5.73 Å². The van der Waals surface area contributed by atoms with Gasteiger partial charge in [-0.3, -0.25) is 4.37 Å². The number of aromatic amines is 1. The maximum atomic E-state index is 5.19. The molecule has 1 aromatic heterocycles.